The lowest BCUT2D eigenvalue weighted by molar-refractivity contribution is -0.144. The molecule has 5 atom stereocenters. The Morgan fingerprint density at radius 1 is 0.944 bits per heavy atom. The molecule has 17 heteroatoms. The van der Waals surface area contributed by atoms with Gasteiger partial charge in [0, 0.05) is 92.6 Å². The second-order valence-electron chi connectivity index (χ2n) is 20.6. The van der Waals surface area contributed by atoms with E-state index in [4.69, 9.17) is 14.2 Å². The smallest absolute Gasteiger partial charge is 0.246 e. The van der Waals surface area contributed by atoms with Crippen molar-refractivity contribution in [3.63, 3.8) is 0 Å². The maximum Gasteiger partial charge on any atom is 0.246 e. The van der Waals surface area contributed by atoms with Crippen LogP contribution in [0.4, 0.5) is 13.2 Å². The number of hydrogen-bond donors (Lipinski definition) is 4. The average Bonchev–Trinajstić information content (AvgIpc) is 4.03. The number of β-amino-alcohol motifs (C(OH)–C–C–N with tert-alkyl or cyclic N) is 1. The van der Waals surface area contributed by atoms with E-state index in [1.54, 1.807) is 16.8 Å². The van der Waals surface area contributed by atoms with E-state index in [0.29, 0.717) is 44.8 Å². The van der Waals surface area contributed by atoms with Crippen LogP contribution in [0.1, 0.15) is 108 Å². The molecule has 0 aliphatic carbocycles. The number of ether oxygens (including phenoxy) is 3. The highest BCUT2D eigenvalue weighted by Crippen LogP contribution is 2.44. The number of rotatable bonds is 22. The van der Waals surface area contributed by atoms with Crippen LogP contribution >= 0.6 is 11.3 Å². The van der Waals surface area contributed by atoms with E-state index in [9.17, 15) is 19.5 Å². The summed E-state index contributed by atoms with van der Waals surface area (Å²) in [6.07, 6.45) is 2.53. The first-order chi connectivity index (χ1) is 33.8. The topological polar surface area (TPSA) is 158 Å². The molecule has 2 aromatic heterocycles. The quantitative estimate of drug-likeness (QED) is 0.0498. The van der Waals surface area contributed by atoms with Gasteiger partial charge in [0.25, 0.3) is 0 Å². The molecular formula is C54H69F3N6O7S. The molecule has 4 N–H and O–H groups in total. The van der Waals surface area contributed by atoms with Crippen LogP contribution in [0.3, 0.4) is 0 Å². The number of thiazole rings is 1. The number of benzene rings is 3. The number of para-hydroxylation sites is 1. The van der Waals surface area contributed by atoms with Crippen molar-refractivity contribution < 1.29 is 46.9 Å². The van der Waals surface area contributed by atoms with Crippen molar-refractivity contribution in [2.45, 2.75) is 129 Å². The number of nitrogens with one attached hydrogen (secondary N) is 3. The first-order valence-electron chi connectivity index (χ1n) is 24.7. The Kier molecular flexibility index (Phi) is 17.7. The number of aromatic amines is 1. The van der Waals surface area contributed by atoms with Gasteiger partial charge in [0.15, 0.2) is 0 Å². The number of likely N-dealkylation sites (tertiary alicyclic amines) is 1. The summed E-state index contributed by atoms with van der Waals surface area (Å²) >= 11 is 1.57. The van der Waals surface area contributed by atoms with E-state index in [-0.39, 0.29) is 62.5 Å². The number of carbonyl (C=O) groups excluding carboxylic acids is 3. The van der Waals surface area contributed by atoms with E-state index in [0.717, 1.165) is 51.0 Å². The summed E-state index contributed by atoms with van der Waals surface area (Å²) in [5, 5.41) is 17.3. The molecule has 5 aromatic rings. The Hall–Kier alpha value is -5.33. The predicted octanol–water partition coefficient (Wildman–Crippen LogP) is 8.74. The van der Waals surface area contributed by atoms with Crippen LogP contribution in [-0.4, -0.2) is 119 Å². The Balaban J connectivity index is 0.792. The molecule has 1 fully saturated rings. The average molecular weight is 1000 g/mol. The molecule has 384 valence electrons. The molecule has 2 aliphatic heterocycles. The Labute approximate surface area is 418 Å². The fourth-order valence-electron chi connectivity index (χ4n) is 9.59. The maximum atomic E-state index is 16.0. The van der Waals surface area contributed by atoms with Gasteiger partial charge >= 0.3 is 0 Å². The third-order valence-corrected chi connectivity index (χ3v) is 14.1. The number of aromatic nitrogens is 2. The summed E-state index contributed by atoms with van der Waals surface area (Å²) in [7, 11) is 0. The van der Waals surface area contributed by atoms with Crippen molar-refractivity contribution in [1.29, 1.82) is 0 Å². The molecule has 3 aromatic carbocycles. The second-order valence-corrected chi connectivity index (χ2v) is 21.4. The maximum absolute atomic E-state index is 16.0. The number of hydrogen-bond acceptors (Lipinski definition) is 10. The third-order valence-electron chi connectivity index (χ3n) is 13.1. The minimum Gasteiger partial charge on any atom is -0.493 e. The number of halogens is 3. The predicted molar refractivity (Wildman–Crippen MR) is 269 cm³/mol. The third kappa shape index (κ3) is 13.6. The molecule has 0 saturated carbocycles. The monoisotopic (exact) mass is 1000 g/mol. The molecule has 0 spiro atoms. The molecule has 1 saturated heterocycles. The van der Waals surface area contributed by atoms with Crippen molar-refractivity contribution in [3.05, 3.63) is 106 Å². The molecule has 4 heterocycles. The van der Waals surface area contributed by atoms with Crippen LogP contribution in [0, 0.1) is 24.0 Å². The highest BCUT2D eigenvalue weighted by atomic mass is 32.1. The number of amides is 3. The second kappa shape index (κ2) is 23.5. The number of nitrogens with zero attached hydrogens (tertiary/aromatic N) is 3. The summed E-state index contributed by atoms with van der Waals surface area (Å²) in [6, 6.07) is 15.1. The summed E-state index contributed by atoms with van der Waals surface area (Å²) < 4.78 is 64.3. The Bertz CT molecular complexity index is 2590. The molecule has 3 amide bonds. The fraction of sp³-hybridized carbons (Fsp3) is 0.519. The van der Waals surface area contributed by atoms with Gasteiger partial charge < -0.3 is 39.8 Å². The zero-order valence-corrected chi connectivity index (χ0v) is 42.7. The lowest BCUT2D eigenvalue weighted by Crippen LogP contribution is -2.58. The molecule has 0 radical (unpaired) electrons. The van der Waals surface area contributed by atoms with Crippen molar-refractivity contribution in [2.75, 3.05) is 46.1 Å². The molecular weight excluding hydrogens is 934 g/mol. The number of aliphatic hydroxyl groups excluding tert-OH is 1. The number of alkyl halides is 1. The van der Waals surface area contributed by atoms with E-state index in [2.05, 4.69) is 20.6 Å². The summed E-state index contributed by atoms with van der Waals surface area (Å²) in [5.41, 5.74) is 4.77. The van der Waals surface area contributed by atoms with Crippen LogP contribution in [0.2, 0.25) is 0 Å². The molecule has 2 aliphatic rings. The number of fused-ring (bicyclic) bond motifs is 3. The van der Waals surface area contributed by atoms with Crippen molar-refractivity contribution in [1.82, 2.24) is 30.4 Å². The van der Waals surface area contributed by atoms with Crippen molar-refractivity contribution >= 4 is 40.0 Å². The van der Waals surface area contributed by atoms with Crippen LogP contribution in [0.25, 0.3) is 21.3 Å². The van der Waals surface area contributed by atoms with Gasteiger partial charge in [0.05, 0.1) is 34.8 Å². The first-order valence-corrected chi connectivity index (χ1v) is 25.5. The van der Waals surface area contributed by atoms with Gasteiger partial charge in [0.2, 0.25) is 17.7 Å². The minimum absolute atomic E-state index is 0.00741. The van der Waals surface area contributed by atoms with E-state index >= 15 is 13.2 Å². The standard InChI is InChI=1S/C54H69F3N6O7S/c1-33-24-40-39-14-9-10-15-43(39)60-47(40)48(63(33)31-54(6,7)57)46-41(55)26-38(27-42(46)56)70-23-13-22-68-20-11-8-12-21-69-30-45(65)61-50(53(3,4)5)52(67)62-29-37(64)25-44(62)51(66)58-28-35-16-18-36(19-17-35)49-34(2)59-32-71-49/h9-10,14-19,26-27,32-33,37,44,48,50,60,64H,8,11-13,20-25,28-31H2,1-7H3,(H,58,66)(H,61,65)/t33-,37-,44+,48-,50-/m1/s1. The van der Waals surface area contributed by atoms with Crippen LogP contribution in [0.5, 0.6) is 5.75 Å². The molecule has 0 bridgehead atoms. The lowest BCUT2D eigenvalue weighted by atomic mass is 9.85. The van der Waals surface area contributed by atoms with Gasteiger partial charge in [-0.2, -0.15) is 0 Å². The minimum atomic E-state index is -1.60. The Morgan fingerprint density at radius 2 is 1.63 bits per heavy atom. The summed E-state index contributed by atoms with van der Waals surface area (Å²) in [6.45, 7) is 13.7. The highest BCUT2D eigenvalue weighted by Gasteiger charge is 2.45. The van der Waals surface area contributed by atoms with Gasteiger partial charge in [-0.25, -0.2) is 18.2 Å². The number of unbranched alkanes of at least 4 members (excludes halogenated alkanes) is 2. The zero-order chi connectivity index (χ0) is 51.0. The first kappa shape index (κ1) is 53.5. The molecule has 0 unspecified atom stereocenters. The van der Waals surface area contributed by atoms with Crippen molar-refractivity contribution in [2.24, 2.45) is 5.41 Å². The Morgan fingerprint density at radius 3 is 2.31 bits per heavy atom. The molecule has 7 rings (SSSR count). The van der Waals surface area contributed by atoms with Crippen LogP contribution in [0.15, 0.2) is 66.2 Å². The number of carbonyl (C=O) groups is 3. The summed E-state index contributed by atoms with van der Waals surface area (Å²) in [5.74, 6) is -2.75. The normalized spacial score (nSPS) is 18.9. The SMILES string of the molecule is Cc1ncsc1-c1ccc(CNC(=O)[C@@H]2C[C@@H](O)CN2C(=O)[C@@H](NC(=O)COCCCCCOCCCOc2cc(F)c([C@@H]3c4[nH]c5ccccc5c4C[C@@H](C)N3CC(C)(C)F)c(F)c2)C(C)(C)C)cc1. The lowest BCUT2D eigenvalue weighted by Gasteiger charge is -2.43. The van der Waals surface area contributed by atoms with Gasteiger partial charge in [0.1, 0.15) is 41.7 Å². The van der Waals surface area contributed by atoms with Gasteiger partial charge in [-0.15, -0.1) is 11.3 Å². The fourth-order valence-corrected chi connectivity index (χ4v) is 10.4. The number of aryl methyl sites for hydroxylation is 1. The van der Waals surface area contributed by atoms with Gasteiger partial charge in [-0.1, -0.05) is 63.2 Å². The van der Waals surface area contributed by atoms with E-state index in [1.807, 2.05) is 88.0 Å². The van der Waals surface area contributed by atoms with Crippen molar-refractivity contribution in [3.8, 4) is 16.2 Å². The van der Waals surface area contributed by atoms with Gasteiger partial charge in [-0.3, -0.25) is 19.3 Å². The zero-order valence-electron chi connectivity index (χ0n) is 41.9. The number of H-pyrrole nitrogens is 1. The van der Waals surface area contributed by atoms with E-state index < -0.39 is 58.8 Å². The highest BCUT2D eigenvalue weighted by molar-refractivity contribution is 7.13. The molecule has 13 nitrogen and oxygen atoms in total. The molecule has 71 heavy (non-hydrogen) atoms. The number of aliphatic hydroxyl groups is 1. The van der Waals surface area contributed by atoms with E-state index in [1.165, 1.54) is 30.9 Å². The largest absolute Gasteiger partial charge is 0.493 e. The van der Waals surface area contributed by atoms with Crippen LogP contribution in [-0.2, 0) is 36.8 Å². The van der Waals surface area contributed by atoms with Gasteiger partial charge in [-0.05, 0) is 81.5 Å². The summed E-state index contributed by atoms with van der Waals surface area (Å²) in [4.78, 5) is 52.5. The van der Waals surface area contributed by atoms with Crippen LogP contribution < -0.4 is 15.4 Å².